The monoisotopic (exact) mass is 211 g/mol. The summed E-state index contributed by atoms with van der Waals surface area (Å²) in [5, 5.41) is 0. The third-order valence-electron chi connectivity index (χ3n) is 4.33. The fourth-order valence-corrected chi connectivity index (χ4v) is 3.22. The second-order valence-electron chi connectivity index (χ2n) is 6.16. The van der Waals surface area contributed by atoms with E-state index in [9.17, 15) is 0 Å². The van der Waals surface area contributed by atoms with Crippen molar-refractivity contribution in [2.24, 2.45) is 23.5 Å². The second-order valence-corrected chi connectivity index (χ2v) is 6.16. The summed E-state index contributed by atoms with van der Waals surface area (Å²) in [4.78, 5) is 0. The molecule has 0 aromatic carbocycles. The molecule has 1 heteroatoms. The molecule has 0 radical (unpaired) electrons. The van der Waals surface area contributed by atoms with Crippen LogP contribution in [0.5, 0.6) is 0 Å². The van der Waals surface area contributed by atoms with E-state index in [4.69, 9.17) is 5.73 Å². The van der Waals surface area contributed by atoms with E-state index in [1.54, 1.807) is 0 Å². The molecule has 90 valence electrons. The van der Waals surface area contributed by atoms with Gasteiger partial charge in [-0.05, 0) is 43.4 Å². The third-order valence-corrected chi connectivity index (χ3v) is 4.33. The van der Waals surface area contributed by atoms with Crippen molar-refractivity contribution >= 4 is 0 Å². The lowest BCUT2D eigenvalue weighted by atomic mass is 9.68. The number of nitrogens with two attached hydrogens (primary N) is 1. The van der Waals surface area contributed by atoms with Gasteiger partial charge in [0.25, 0.3) is 0 Å². The zero-order valence-corrected chi connectivity index (χ0v) is 11.1. The van der Waals surface area contributed by atoms with Crippen molar-refractivity contribution in [2.75, 3.05) is 0 Å². The predicted octanol–water partition coefficient (Wildman–Crippen LogP) is 3.97. The first-order valence-corrected chi connectivity index (χ1v) is 6.75. The Kier molecular flexibility index (Phi) is 4.64. The predicted molar refractivity (Wildman–Crippen MR) is 67.8 cm³/mol. The lowest BCUT2D eigenvalue weighted by Gasteiger charge is -2.41. The van der Waals surface area contributed by atoms with Gasteiger partial charge in [-0.25, -0.2) is 0 Å². The zero-order valence-electron chi connectivity index (χ0n) is 11.1. The molecular formula is C14H29N. The minimum Gasteiger partial charge on any atom is -0.325 e. The van der Waals surface area contributed by atoms with E-state index < -0.39 is 0 Å². The summed E-state index contributed by atoms with van der Waals surface area (Å²) in [6.07, 6.45) is 7.68. The average Bonchev–Trinajstić information content (AvgIpc) is 2.12. The van der Waals surface area contributed by atoms with Crippen LogP contribution in [0.25, 0.3) is 0 Å². The average molecular weight is 211 g/mol. The highest BCUT2D eigenvalue weighted by Crippen LogP contribution is 2.38. The molecule has 0 heterocycles. The van der Waals surface area contributed by atoms with Gasteiger partial charge in [0, 0.05) is 5.54 Å². The van der Waals surface area contributed by atoms with Crippen molar-refractivity contribution in [3.8, 4) is 0 Å². The summed E-state index contributed by atoms with van der Waals surface area (Å²) in [6, 6.07) is 0. The van der Waals surface area contributed by atoms with Crippen LogP contribution in [-0.4, -0.2) is 5.54 Å². The summed E-state index contributed by atoms with van der Waals surface area (Å²) in [7, 11) is 0. The van der Waals surface area contributed by atoms with Crippen molar-refractivity contribution < 1.29 is 0 Å². The maximum Gasteiger partial charge on any atom is 0.0159 e. The molecule has 1 saturated carbocycles. The normalized spacial score (nSPS) is 39.0. The molecule has 1 rings (SSSR count). The summed E-state index contributed by atoms with van der Waals surface area (Å²) < 4.78 is 0. The molecule has 4 atom stereocenters. The Morgan fingerprint density at radius 2 is 2.00 bits per heavy atom. The molecule has 1 aliphatic rings. The lowest BCUT2D eigenvalue weighted by molar-refractivity contribution is 0.150. The van der Waals surface area contributed by atoms with Crippen molar-refractivity contribution in [3.63, 3.8) is 0 Å². The van der Waals surface area contributed by atoms with Gasteiger partial charge in [0.1, 0.15) is 0 Å². The molecule has 0 spiro atoms. The van der Waals surface area contributed by atoms with Crippen molar-refractivity contribution in [3.05, 3.63) is 0 Å². The maximum absolute atomic E-state index is 6.54. The lowest BCUT2D eigenvalue weighted by Crippen LogP contribution is -2.47. The van der Waals surface area contributed by atoms with E-state index in [2.05, 4.69) is 27.7 Å². The summed E-state index contributed by atoms with van der Waals surface area (Å²) in [6.45, 7) is 9.38. The third kappa shape index (κ3) is 3.79. The molecular weight excluding hydrogens is 182 g/mol. The smallest absolute Gasteiger partial charge is 0.0159 e. The molecule has 0 aliphatic heterocycles. The second kappa shape index (κ2) is 5.34. The summed E-state index contributed by atoms with van der Waals surface area (Å²) in [5.74, 6) is 2.50. The quantitative estimate of drug-likeness (QED) is 0.748. The van der Waals surface area contributed by atoms with Crippen molar-refractivity contribution in [1.29, 1.82) is 0 Å². The highest BCUT2D eigenvalue weighted by atomic mass is 14.8. The Hall–Kier alpha value is -0.0400. The first-order valence-electron chi connectivity index (χ1n) is 6.75. The Bertz CT molecular complexity index is 190. The van der Waals surface area contributed by atoms with Crippen LogP contribution in [0.3, 0.4) is 0 Å². The minimum absolute atomic E-state index is 0.153. The van der Waals surface area contributed by atoms with Crippen LogP contribution in [0, 0.1) is 17.8 Å². The van der Waals surface area contributed by atoms with Crippen LogP contribution in [-0.2, 0) is 0 Å². The van der Waals surface area contributed by atoms with Gasteiger partial charge in [0.05, 0.1) is 0 Å². The minimum atomic E-state index is 0.153. The highest BCUT2D eigenvalue weighted by Gasteiger charge is 2.35. The van der Waals surface area contributed by atoms with Crippen LogP contribution in [0.1, 0.15) is 66.2 Å². The SMILES string of the molecule is CCCC(C)CC1(N)CCC(C)C(C)C1. The Morgan fingerprint density at radius 3 is 2.53 bits per heavy atom. The summed E-state index contributed by atoms with van der Waals surface area (Å²) >= 11 is 0. The molecule has 4 unspecified atom stereocenters. The fourth-order valence-electron chi connectivity index (χ4n) is 3.22. The van der Waals surface area contributed by atoms with Crippen LogP contribution in [0.15, 0.2) is 0 Å². The molecule has 1 aliphatic carbocycles. The van der Waals surface area contributed by atoms with Gasteiger partial charge in [0.2, 0.25) is 0 Å². The summed E-state index contributed by atoms with van der Waals surface area (Å²) in [5.41, 5.74) is 6.70. The Labute approximate surface area is 95.8 Å². The van der Waals surface area contributed by atoms with Gasteiger partial charge < -0.3 is 5.73 Å². The Morgan fingerprint density at radius 1 is 1.33 bits per heavy atom. The van der Waals surface area contributed by atoms with Gasteiger partial charge in [-0.3, -0.25) is 0 Å². The molecule has 0 saturated heterocycles. The van der Waals surface area contributed by atoms with Crippen LogP contribution >= 0.6 is 0 Å². The van der Waals surface area contributed by atoms with Crippen LogP contribution in [0.2, 0.25) is 0 Å². The zero-order chi connectivity index (χ0) is 11.5. The van der Waals surface area contributed by atoms with E-state index in [0.29, 0.717) is 0 Å². The van der Waals surface area contributed by atoms with Crippen molar-refractivity contribution in [1.82, 2.24) is 0 Å². The largest absolute Gasteiger partial charge is 0.325 e. The van der Waals surface area contributed by atoms with Gasteiger partial charge in [-0.1, -0.05) is 40.5 Å². The Balaban J connectivity index is 2.45. The molecule has 0 aromatic heterocycles. The van der Waals surface area contributed by atoms with Crippen LogP contribution < -0.4 is 5.73 Å². The molecule has 2 N–H and O–H groups in total. The number of hydrogen-bond acceptors (Lipinski definition) is 1. The maximum atomic E-state index is 6.54. The van der Waals surface area contributed by atoms with E-state index in [-0.39, 0.29) is 5.54 Å². The van der Waals surface area contributed by atoms with E-state index in [0.717, 1.165) is 17.8 Å². The highest BCUT2D eigenvalue weighted by molar-refractivity contribution is 4.92. The molecule has 15 heavy (non-hydrogen) atoms. The van der Waals surface area contributed by atoms with Gasteiger partial charge in [0.15, 0.2) is 0 Å². The molecule has 1 nitrogen and oxygen atoms in total. The van der Waals surface area contributed by atoms with E-state index in [1.807, 2.05) is 0 Å². The van der Waals surface area contributed by atoms with Crippen molar-refractivity contribution in [2.45, 2.75) is 71.8 Å². The van der Waals surface area contributed by atoms with Gasteiger partial charge in [-0.15, -0.1) is 0 Å². The standard InChI is InChI=1S/C14H29N/c1-5-6-11(2)9-14(15)8-7-12(3)13(4)10-14/h11-13H,5-10,15H2,1-4H3. The fraction of sp³-hybridized carbons (Fsp3) is 1.00. The van der Waals surface area contributed by atoms with Gasteiger partial charge >= 0.3 is 0 Å². The first-order chi connectivity index (χ1) is 6.97. The van der Waals surface area contributed by atoms with Crippen LogP contribution in [0.4, 0.5) is 0 Å². The van der Waals surface area contributed by atoms with E-state index in [1.165, 1.54) is 38.5 Å². The first kappa shape index (κ1) is 13.0. The molecule has 0 amide bonds. The van der Waals surface area contributed by atoms with E-state index >= 15 is 0 Å². The topological polar surface area (TPSA) is 26.0 Å². The number of hydrogen-bond donors (Lipinski definition) is 1. The molecule has 0 aromatic rings. The molecule has 1 fully saturated rings. The molecule has 0 bridgehead atoms. The van der Waals surface area contributed by atoms with Gasteiger partial charge in [-0.2, -0.15) is 0 Å². The number of rotatable bonds is 4.